The van der Waals surface area contributed by atoms with E-state index in [9.17, 15) is 29.4 Å². The third-order valence-electron chi connectivity index (χ3n) is 4.20. The van der Waals surface area contributed by atoms with E-state index >= 15 is 0 Å². The smallest absolute Gasteiger partial charge is 0.545 e. The molecule has 8 nitrogen and oxygen atoms in total. The quantitative estimate of drug-likeness (QED) is 0.122. The van der Waals surface area contributed by atoms with Crippen LogP contribution in [0, 0.1) is 0 Å². The van der Waals surface area contributed by atoms with Gasteiger partial charge in [-0.05, 0) is 25.0 Å². The maximum atomic E-state index is 10.9. The zero-order chi connectivity index (χ0) is 24.5. The molecule has 0 aliphatic heterocycles. The van der Waals surface area contributed by atoms with Crippen LogP contribution in [-0.4, -0.2) is 74.8 Å². The molecule has 0 rings (SSSR count). The van der Waals surface area contributed by atoms with Crippen molar-refractivity contribution in [2.45, 2.75) is 90.9 Å². The van der Waals surface area contributed by atoms with E-state index in [4.69, 9.17) is 9.47 Å². The van der Waals surface area contributed by atoms with Gasteiger partial charge in [-0.15, -0.1) is 0 Å². The number of unbranched alkanes of at least 4 members (excludes halogenated alkanes) is 10. The second-order valence-corrected chi connectivity index (χ2v) is 7.18. The molecule has 0 radical (unpaired) electrons. The van der Waals surface area contributed by atoms with Gasteiger partial charge in [-0.1, -0.05) is 78.1 Å². The van der Waals surface area contributed by atoms with Gasteiger partial charge in [0.05, 0.1) is 25.2 Å². The van der Waals surface area contributed by atoms with Crippen molar-refractivity contribution in [2.24, 2.45) is 0 Å². The normalized spacial score (nSPS) is 10.2. The fourth-order valence-electron chi connectivity index (χ4n) is 2.48. The molecule has 0 unspecified atom stereocenters. The molecule has 0 bridgehead atoms. The maximum absolute atomic E-state index is 10.9. The van der Waals surface area contributed by atoms with Crippen LogP contribution in [0.4, 0.5) is 0 Å². The Morgan fingerprint density at radius 1 is 0.545 bits per heavy atom. The van der Waals surface area contributed by atoms with E-state index in [0.29, 0.717) is 25.4 Å². The second-order valence-electron chi connectivity index (χ2n) is 7.18. The number of aliphatic carboxylic acids is 2. The fourth-order valence-corrected chi connectivity index (χ4v) is 2.48. The molecule has 0 aromatic carbocycles. The average Bonchev–Trinajstić information content (AvgIpc) is 2.75. The summed E-state index contributed by atoms with van der Waals surface area (Å²) in [6.07, 6.45) is 16.5. The summed E-state index contributed by atoms with van der Waals surface area (Å²) in [4.78, 5) is 41.7. The van der Waals surface area contributed by atoms with Gasteiger partial charge in [0.25, 0.3) is 0 Å². The van der Waals surface area contributed by atoms with Crippen molar-refractivity contribution in [3.05, 3.63) is 24.3 Å². The Bertz CT molecular complexity index is 523. The fraction of sp³-hybridized carbons (Fsp3) is 0.667. The Morgan fingerprint density at radius 2 is 0.848 bits per heavy atom. The van der Waals surface area contributed by atoms with Crippen LogP contribution in [0.5, 0.6) is 0 Å². The minimum atomic E-state index is -1.39. The maximum Gasteiger partial charge on any atom is 2.00 e. The van der Waals surface area contributed by atoms with Gasteiger partial charge >= 0.3 is 49.7 Å². The molecule has 0 aromatic heterocycles. The molecule has 0 aromatic rings. The van der Waals surface area contributed by atoms with Gasteiger partial charge in [0.15, 0.2) is 0 Å². The summed E-state index contributed by atoms with van der Waals surface area (Å²) in [6, 6.07) is 0. The molecule has 0 fully saturated rings. The third kappa shape index (κ3) is 35.4. The van der Waals surface area contributed by atoms with Gasteiger partial charge in [0.2, 0.25) is 0 Å². The van der Waals surface area contributed by atoms with Crippen molar-refractivity contribution in [3.8, 4) is 0 Å². The largest absolute Gasteiger partial charge is 2.00 e. The van der Waals surface area contributed by atoms with E-state index in [1.165, 1.54) is 38.5 Å². The van der Waals surface area contributed by atoms with Crippen LogP contribution < -0.4 is 10.2 Å². The van der Waals surface area contributed by atoms with E-state index in [0.717, 1.165) is 50.7 Å². The number of ether oxygens (including phenoxy) is 2. The number of carboxylic acid groups (broad SMARTS) is 2. The van der Waals surface area contributed by atoms with Gasteiger partial charge in [-0.3, -0.25) is 0 Å². The zero-order valence-electron chi connectivity index (χ0n) is 20.2. The first kappa shape index (κ1) is 36.2. The molecule has 0 N–H and O–H groups in total. The van der Waals surface area contributed by atoms with Gasteiger partial charge in [0.1, 0.15) is 0 Å². The number of hydrogen-bond acceptors (Lipinski definition) is 8. The predicted octanol–water partition coefficient (Wildman–Crippen LogP) is 2.01. The summed E-state index contributed by atoms with van der Waals surface area (Å²) in [7, 11) is 0. The van der Waals surface area contributed by atoms with Crippen LogP contribution in [0.2, 0.25) is 0 Å². The monoisotopic (exact) mass is 494 g/mol. The van der Waals surface area contributed by atoms with E-state index < -0.39 is 23.9 Å². The third-order valence-corrected chi connectivity index (χ3v) is 4.20. The Labute approximate surface area is 227 Å². The van der Waals surface area contributed by atoms with Crippen molar-refractivity contribution < 1.29 is 38.9 Å². The van der Waals surface area contributed by atoms with Crippen LogP contribution in [0.15, 0.2) is 24.3 Å². The Hall–Kier alpha value is -1.38. The van der Waals surface area contributed by atoms with Crippen molar-refractivity contribution in [1.82, 2.24) is 0 Å². The molecule has 33 heavy (non-hydrogen) atoms. The molecule has 0 aliphatic rings. The minimum absolute atomic E-state index is 0. The molecule has 0 saturated heterocycles. The molecule has 0 aliphatic carbocycles. The van der Waals surface area contributed by atoms with E-state index in [-0.39, 0.29) is 37.7 Å². The van der Waals surface area contributed by atoms with Crippen molar-refractivity contribution in [2.75, 3.05) is 13.2 Å². The van der Waals surface area contributed by atoms with Crippen LogP contribution >= 0.6 is 0 Å². The molecular weight excluding hydrogens is 456 g/mol. The molecular formula is C24H38CaO8. The van der Waals surface area contributed by atoms with Crippen molar-refractivity contribution in [1.29, 1.82) is 0 Å². The summed E-state index contributed by atoms with van der Waals surface area (Å²) in [5.41, 5.74) is 0. The van der Waals surface area contributed by atoms with Gasteiger partial charge < -0.3 is 29.3 Å². The van der Waals surface area contributed by atoms with E-state index in [2.05, 4.69) is 13.8 Å². The number of carbonyl (C=O) groups excluding carboxylic acids is 4. The summed E-state index contributed by atoms with van der Waals surface area (Å²) < 4.78 is 9.56. The van der Waals surface area contributed by atoms with Gasteiger partial charge in [0, 0.05) is 12.2 Å². The van der Waals surface area contributed by atoms with Crippen LogP contribution in [-0.2, 0) is 28.7 Å². The second kappa shape index (κ2) is 28.7. The molecule has 0 atom stereocenters. The van der Waals surface area contributed by atoms with Gasteiger partial charge in [-0.2, -0.15) is 0 Å². The first-order valence-corrected chi connectivity index (χ1v) is 11.4. The number of esters is 2. The molecule has 9 heteroatoms. The van der Waals surface area contributed by atoms with Crippen LogP contribution in [0.25, 0.3) is 0 Å². The Kier molecular flexibility index (Phi) is 31.4. The zero-order valence-corrected chi connectivity index (χ0v) is 22.4. The first-order valence-electron chi connectivity index (χ1n) is 11.4. The Morgan fingerprint density at radius 3 is 1.15 bits per heavy atom. The molecule has 0 spiro atoms. The average molecular weight is 495 g/mol. The topological polar surface area (TPSA) is 133 Å². The summed E-state index contributed by atoms with van der Waals surface area (Å²) >= 11 is 0. The summed E-state index contributed by atoms with van der Waals surface area (Å²) in [6.45, 7) is 5.02. The first-order chi connectivity index (χ1) is 15.3. The standard InChI is InChI=1S/2C12H20O4.Ca/c2*1-2-3-4-5-6-7-10-16-12(15)9-8-11(13)14;/h2*8-9H,2-7,10H2,1H3,(H,13,14);/q;;+2/p-2/b2*9-8-;. The predicted molar refractivity (Wildman–Crippen MR) is 123 cm³/mol. The van der Waals surface area contributed by atoms with E-state index in [1.807, 2.05) is 0 Å². The Balaban J connectivity index is -0.000000529. The minimum Gasteiger partial charge on any atom is -0.545 e. The van der Waals surface area contributed by atoms with Crippen LogP contribution in [0.1, 0.15) is 90.9 Å². The number of carbonyl (C=O) groups is 4. The SMILES string of the molecule is CCCCCCCCOC(=O)/C=C\C(=O)[O-].CCCCCCCCOC(=O)/C=C\C(=O)[O-].[Ca+2]. The van der Waals surface area contributed by atoms with Crippen molar-refractivity contribution >= 4 is 61.6 Å². The molecule has 0 amide bonds. The molecule has 184 valence electrons. The summed E-state index contributed by atoms with van der Waals surface area (Å²) in [5.74, 6) is -4.04. The van der Waals surface area contributed by atoms with Crippen molar-refractivity contribution in [3.63, 3.8) is 0 Å². The number of hydrogen-bond donors (Lipinski definition) is 0. The number of rotatable bonds is 18. The summed E-state index contributed by atoms with van der Waals surface area (Å²) in [5, 5.41) is 19.9. The molecule has 0 heterocycles. The molecule has 0 saturated carbocycles. The number of carboxylic acids is 2. The van der Waals surface area contributed by atoms with Crippen LogP contribution in [0.3, 0.4) is 0 Å². The van der Waals surface area contributed by atoms with E-state index in [1.54, 1.807) is 0 Å². The van der Waals surface area contributed by atoms with Gasteiger partial charge in [-0.25, -0.2) is 9.59 Å².